The predicted molar refractivity (Wildman–Crippen MR) is 85.5 cm³/mol. The van der Waals surface area contributed by atoms with E-state index in [4.69, 9.17) is 23.2 Å². The van der Waals surface area contributed by atoms with Crippen LogP contribution in [0.15, 0.2) is 24.4 Å². The zero-order chi connectivity index (χ0) is 14.8. The average molecular weight is 342 g/mol. The lowest BCUT2D eigenvalue weighted by atomic mass is 10.2. The van der Waals surface area contributed by atoms with Gasteiger partial charge in [0.05, 0.1) is 34.2 Å². The Kier molecular flexibility index (Phi) is 4.42. The zero-order valence-corrected chi connectivity index (χ0v) is 13.4. The molecule has 21 heavy (non-hydrogen) atoms. The molecule has 2 aromatic rings. The topological polar surface area (TPSA) is 49.0 Å². The van der Waals surface area contributed by atoms with Gasteiger partial charge in [-0.05, 0) is 17.7 Å². The van der Waals surface area contributed by atoms with E-state index in [1.54, 1.807) is 24.0 Å². The van der Waals surface area contributed by atoms with Crippen molar-refractivity contribution in [2.75, 3.05) is 5.75 Å². The van der Waals surface area contributed by atoms with E-state index in [2.05, 4.69) is 10.2 Å². The third-order valence-corrected chi connectivity index (χ3v) is 5.08. The maximum atomic E-state index is 12.1. The number of carbonyl (C=O) groups is 1. The van der Waals surface area contributed by atoms with E-state index in [0.717, 1.165) is 22.6 Å². The molecule has 3 rings (SSSR count). The molecule has 2 heterocycles. The molecule has 0 saturated heterocycles. The number of carbonyl (C=O) groups excluding carboxylic acids is 1. The average Bonchev–Trinajstić information content (AvgIpc) is 3.03. The molecule has 0 saturated carbocycles. The lowest BCUT2D eigenvalue weighted by Crippen LogP contribution is -2.27. The molecule has 7 heteroatoms. The second-order valence-corrected chi connectivity index (χ2v) is 6.66. The molecule has 0 bridgehead atoms. The Morgan fingerprint density at radius 1 is 1.33 bits per heavy atom. The quantitative estimate of drug-likeness (QED) is 0.925. The van der Waals surface area contributed by atoms with Crippen LogP contribution >= 0.6 is 35.0 Å². The van der Waals surface area contributed by atoms with Gasteiger partial charge in [0.1, 0.15) is 0 Å². The first-order valence-corrected chi connectivity index (χ1v) is 8.35. The number of aromatic nitrogens is 2. The first-order valence-electron chi connectivity index (χ1n) is 6.44. The summed E-state index contributed by atoms with van der Waals surface area (Å²) in [5, 5.41) is 7.98. The Morgan fingerprint density at radius 3 is 2.95 bits per heavy atom. The van der Waals surface area contributed by atoms with Crippen molar-refractivity contribution in [3.8, 4) is 0 Å². The van der Waals surface area contributed by atoms with Gasteiger partial charge >= 0.3 is 0 Å². The van der Waals surface area contributed by atoms with E-state index < -0.39 is 0 Å². The number of fused-ring (bicyclic) bond motifs is 1. The lowest BCUT2D eigenvalue weighted by molar-refractivity contribution is -0.128. The van der Waals surface area contributed by atoms with Crippen molar-refractivity contribution in [2.24, 2.45) is 0 Å². The smallest absolute Gasteiger partial charge is 0.233 e. The molecule has 1 amide bonds. The molecule has 1 aliphatic rings. The Balaban J connectivity index is 1.48. The van der Waals surface area contributed by atoms with E-state index >= 15 is 0 Å². The van der Waals surface area contributed by atoms with Crippen LogP contribution in [0.1, 0.15) is 16.8 Å². The molecule has 110 valence electrons. The van der Waals surface area contributed by atoms with Gasteiger partial charge < -0.3 is 4.90 Å². The number of H-pyrrole nitrogens is 1. The highest BCUT2D eigenvalue weighted by atomic mass is 35.5. The van der Waals surface area contributed by atoms with Gasteiger partial charge in [-0.25, -0.2) is 0 Å². The molecule has 0 unspecified atom stereocenters. The van der Waals surface area contributed by atoms with Crippen LogP contribution in [-0.2, 0) is 23.6 Å². The third-order valence-electron chi connectivity index (χ3n) is 3.35. The zero-order valence-electron chi connectivity index (χ0n) is 11.1. The van der Waals surface area contributed by atoms with Crippen LogP contribution in [0.3, 0.4) is 0 Å². The molecular formula is C14H13Cl2N3OS. The highest BCUT2D eigenvalue weighted by Gasteiger charge is 2.24. The summed E-state index contributed by atoms with van der Waals surface area (Å²) < 4.78 is 0. The van der Waals surface area contributed by atoms with Crippen LogP contribution in [-0.4, -0.2) is 26.8 Å². The van der Waals surface area contributed by atoms with Gasteiger partial charge in [-0.15, -0.1) is 11.8 Å². The standard InChI is InChI=1S/C14H13Cl2N3OS/c15-11-2-1-9(3-12(11)16)7-21-8-14(20)19-5-10-4-17-18-13(10)6-19/h1-4H,5-8H2,(H,17,18). The first kappa shape index (κ1) is 14.8. The number of aromatic amines is 1. The van der Waals surface area contributed by atoms with Gasteiger partial charge in [0.2, 0.25) is 5.91 Å². The van der Waals surface area contributed by atoms with Crippen molar-refractivity contribution < 1.29 is 4.79 Å². The largest absolute Gasteiger partial charge is 0.332 e. The number of amides is 1. The summed E-state index contributed by atoms with van der Waals surface area (Å²) >= 11 is 13.4. The Morgan fingerprint density at radius 2 is 2.19 bits per heavy atom. The van der Waals surface area contributed by atoms with Gasteiger partial charge in [-0.2, -0.15) is 5.10 Å². The fourth-order valence-corrected chi connectivity index (χ4v) is 3.41. The normalized spacial score (nSPS) is 13.5. The monoisotopic (exact) mass is 341 g/mol. The van der Waals surface area contributed by atoms with Gasteiger partial charge in [0.25, 0.3) is 0 Å². The summed E-state index contributed by atoms with van der Waals surface area (Å²) in [6.45, 7) is 1.28. The number of rotatable bonds is 4. The van der Waals surface area contributed by atoms with Crippen LogP contribution in [0.4, 0.5) is 0 Å². The Bertz CT molecular complexity index is 653. The molecule has 0 fully saturated rings. The van der Waals surface area contributed by atoms with Gasteiger partial charge in [0.15, 0.2) is 0 Å². The predicted octanol–water partition coefficient (Wildman–Crippen LogP) is 3.49. The van der Waals surface area contributed by atoms with Gasteiger partial charge in [-0.3, -0.25) is 9.89 Å². The summed E-state index contributed by atoms with van der Waals surface area (Å²) in [5.41, 5.74) is 3.22. The highest BCUT2D eigenvalue weighted by molar-refractivity contribution is 7.99. The van der Waals surface area contributed by atoms with Crippen molar-refractivity contribution in [1.82, 2.24) is 15.1 Å². The van der Waals surface area contributed by atoms with Crippen molar-refractivity contribution in [3.05, 3.63) is 51.3 Å². The Hall–Kier alpha value is -1.17. The van der Waals surface area contributed by atoms with Gasteiger partial charge in [0, 0.05) is 17.9 Å². The molecule has 0 aliphatic carbocycles. The Labute approximate surface area is 136 Å². The number of halogens is 2. The summed E-state index contributed by atoms with van der Waals surface area (Å²) in [7, 11) is 0. The van der Waals surface area contributed by atoms with Crippen LogP contribution in [0.25, 0.3) is 0 Å². The molecule has 0 atom stereocenters. The van der Waals surface area contributed by atoms with Crippen LogP contribution in [0.5, 0.6) is 0 Å². The van der Waals surface area contributed by atoms with Crippen LogP contribution < -0.4 is 0 Å². The fraction of sp³-hybridized carbons (Fsp3) is 0.286. The number of nitrogens with zero attached hydrogens (tertiary/aromatic N) is 2. The second-order valence-electron chi connectivity index (χ2n) is 4.86. The van der Waals surface area contributed by atoms with Crippen molar-refractivity contribution >= 4 is 40.9 Å². The molecule has 1 aromatic heterocycles. The summed E-state index contributed by atoms with van der Waals surface area (Å²) in [6.07, 6.45) is 1.78. The molecule has 1 aromatic carbocycles. The fourth-order valence-electron chi connectivity index (χ4n) is 2.22. The minimum atomic E-state index is 0.143. The second kappa shape index (κ2) is 6.30. The molecular weight excluding hydrogens is 329 g/mol. The summed E-state index contributed by atoms with van der Waals surface area (Å²) in [5.74, 6) is 1.34. The molecule has 1 aliphatic heterocycles. The van der Waals surface area contributed by atoms with E-state index in [1.165, 1.54) is 0 Å². The maximum absolute atomic E-state index is 12.1. The van der Waals surface area contributed by atoms with Gasteiger partial charge in [-0.1, -0.05) is 29.3 Å². The minimum absolute atomic E-state index is 0.143. The number of nitrogens with one attached hydrogen (secondary N) is 1. The molecule has 0 radical (unpaired) electrons. The highest BCUT2D eigenvalue weighted by Crippen LogP contribution is 2.25. The number of benzene rings is 1. The molecule has 1 N–H and O–H groups in total. The third kappa shape index (κ3) is 3.36. The molecule has 4 nitrogen and oxygen atoms in total. The number of thioether (sulfide) groups is 1. The van der Waals surface area contributed by atoms with Crippen molar-refractivity contribution in [2.45, 2.75) is 18.8 Å². The lowest BCUT2D eigenvalue weighted by Gasteiger charge is -2.15. The van der Waals surface area contributed by atoms with E-state index in [9.17, 15) is 4.79 Å². The van der Waals surface area contributed by atoms with Crippen molar-refractivity contribution in [3.63, 3.8) is 0 Å². The number of hydrogen-bond acceptors (Lipinski definition) is 3. The maximum Gasteiger partial charge on any atom is 0.233 e. The van der Waals surface area contributed by atoms with E-state index in [0.29, 0.717) is 28.9 Å². The van der Waals surface area contributed by atoms with Crippen molar-refractivity contribution in [1.29, 1.82) is 0 Å². The van der Waals surface area contributed by atoms with Crippen LogP contribution in [0, 0.1) is 0 Å². The minimum Gasteiger partial charge on any atom is -0.332 e. The number of hydrogen-bond donors (Lipinski definition) is 1. The summed E-state index contributed by atoms with van der Waals surface area (Å²) in [6, 6.07) is 5.55. The summed E-state index contributed by atoms with van der Waals surface area (Å²) in [4.78, 5) is 14.0. The van der Waals surface area contributed by atoms with Crippen LogP contribution in [0.2, 0.25) is 10.0 Å². The van der Waals surface area contributed by atoms with E-state index in [1.807, 2.05) is 17.0 Å². The van der Waals surface area contributed by atoms with E-state index in [-0.39, 0.29) is 5.91 Å². The molecule has 0 spiro atoms. The SMILES string of the molecule is O=C(CSCc1ccc(Cl)c(Cl)c1)N1Cc2cn[nH]c2C1. The first-order chi connectivity index (χ1) is 10.1.